The molecule has 3 rings (SSSR count). The Balaban J connectivity index is 1.56. The van der Waals surface area contributed by atoms with Gasteiger partial charge in [-0.25, -0.2) is 10.2 Å². The van der Waals surface area contributed by atoms with Gasteiger partial charge in [-0.15, -0.1) is 0 Å². The van der Waals surface area contributed by atoms with E-state index in [1.54, 1.807) is 75.7 Å². The van der Waals surface area contributed by atoms with Gasteiger partial charge < -0.3 is 18.6 Å². The van der Waals surface area contributed by atoms with Gasteiger partial charge in [0.15, 0.2) is 11.5 Å². The summed E-state index contributed by atoms with van der Waals surface area (Å²) in [7, 11) is 3.09. The van der Waals surface area contributed by atoms with Crippen LogP contribution in [0, 0.1) is 0 Å². The molecule has 0 radical (unpaired) electrons. The van der Waals surface area contributed by atoms with Gasteiger partial charge in [0.25, 0.3) is 0 Å². The Morgan fingerprint density at radius 1 is 1.00 bits per heavy atom. The number of esters is 1. The molecule has 32 heavy (non-hydrogen) atoms. The molecule has 0 aliphatic heterocycles. The second-order valence-electron chi connectivity index (χ2n) is 6.66. The molecule has 0 aliphatic carbocycles. The van der Waals surface area contributed by atoms with Crippen molar-refractivity contribution in [2.75, 3.05) is 20.8 Å². The van der Waals surface area contributed by atoms with E-state index in [1.807, 2.05) is 0 Å². The molecular weight excluding hydrogens is 412 g/mol. The highest BCUT2D eigenvalue weighted by Gasteiger charge is 2.10. The number of nitrogens with one attached hydrogen (secondary N) is 1. The van der Waals surface area contributed by atoms with Gasteiger partial charge in [0.2, 0.25) is 5.91 Å². The summed E-state index contributed by atoms with van der Waals surface area (Å²) in [4.78, 5) is 23.9. The zero-order chi connectivity index (χ0) is 22.9. The van der Waals surface area contributed by atoms with Gasteiger partial charge in [0, 0.05) is 5.56 Å². The molecule has 0 atom stereocenters. The molecule has 1 amide bonds. The molecule has 0 aliphatic rings. The highest BCUT2D eigenvalue weighted by atomic mass is 16.5. The van der Waals surface area contributed by atoms with Crippen molar-refractivity contribution in [3.8, 4) is 22.8 Å². The lowest BCUT2D eigenvalue weighted by Gasteiger charge is -2.09. The van der Waals surface area contributed by atoms with Gasteiger partial charge >= 0.3 is 5.97 Å². The van der Waals surface area contributed by atoms with E-state index < -0.39 is 0 Å². The fourth-order valence-corrected chi connectivity index (χ4v) is 2.95. The first-order valence-corrected chi connectivity index (χ1v) is 9.94. The number of carbonyl (C=O) groups is 2. The van der Waals surface area contributed by atoms with Crippen molar-refractivity contribution in [3.63, 3.8) is 0 Å². The number of amides is 1. The minimum atomic E-state index is -0.366. The minimum absolute atomic E-state index is 0.133. The minimum Gasteiger partial charge on any atom is -0.493 e. The predicted octanol–water partition coefficient (Wildman–Crippen LogP) is 3.83. The number of hydrogen-bond acceptors (Lipinski definition) is 7. The maximum absolute atomic E-state index is 12.2. The van der Waals surface area contributed by atoms with Crippen LogP contribution in [0.4, 0.5) is 0 Å². The van der Waals surface area contributed by atoms with Gasteiger partial charge in [0.1, 0.15) is 11.5 Å². The number of nitrogens with zero attached hydrogens (tertiary/aromatic N) is 1. The lowest BCUT2D eigenvalue weighted by atomic mass is 10.1. The summed E-state index contributed by atoms with van der Waals surface area (Å²) in [6, 6.07) is 15.7. The van der Waals surface area contributed by atoms with E-state index in [0.29, 0.717) is 35.2 Å². The third kappa shape index (κ3) is 5.75. The van der Waals surface area contributed by atoms with Gasteiger partial charge in [-0.1, -0.05) is 18.2 Å². The van der Waals surface area contributed by atoms with Crippen molar-refractivity contribution in [2.24, 2.45) is 5.10 Å². The Hall–Kier alpha value is -4.07. The van der Waals surface area contributed by atoms with Crippen molar-refractivity contribution < 1.29 is 28.2 Å². The molecule has 3 aromatic rings. The summed E-state index contributed by atoms with van der Waals surface area (Å²) in [5, 5.41) is 3.94. The van der Waals surface area contributed by atoms with Crippen LogP contribution in [0.2, 0.25) is 0 Å². The second kappa shape index (κ2) is 10.8. The number of ether oxygens (including phenoxy) is 3. The topological polar surface area (TPSA) is 99.4 Å². The number of hydrogen-bond donors (Lipinski definition) is 1. The number of furan rings is 1. The fraction of sp³-hybridized carbons (Fsp3) is 0.208. The molecule has 0 fully saturated rings. The van der Waals surface area contributed by atoms with Crippen molar-refractivity contribution in [1.29, 1.82) is 0 Å². The third-order valence-corrected chi connectivity index (χ3v) is 4.50. The van der Waals surface area contributed by atoms with Crippen LogP contribution in [-0.4, -0.2) is 38.9 Å². The monoisotopic (exact) mass is 436 g/mol. The lowest BCUT2D eigenvalue weighted by Crippen LogP contribution is -2.19. The summed E-state index contributed by atoms with van der Waals surface area (Å²) in [6.45, 7) is 2.09. The number of methoxy groups -OCH3 is 2. The average molecular weight is 436 g/mol. The Morgan fingerprint density at radius 3 is 2.44 bits per heavy atom. The van der Waals surface area contributed by atoms with Crippen LogP contribution in [0.1, 0.15) is 28.6 Å². The molecule has 1 N–H and O–H groups in total. The summed E-state index contributed by atoms with van der Waals surface area (Å²) >= 11 is 0. The van der Waals surface area contributed by atoms with Crippen LogP contribution in [0.15, 0.2) is 64.1 Å². The molecule has 1 heterocycles. The van der Waals surface area contributed by atoms with Crippen LogP contribution >= 0.6 is 0 Å². The van der Waals surface area contributed by atoms with Crippen LogP contribution in [-0.2, 0) is 16.0 Å². The zero-order valence-electron chi connectivity index (χ0n) is 18.1. The molecule has 0 saturated heterocycles. The number of benzene rings is 2. The summed E-state index contributed by atoms with van der Waals surface area (Å²) in [5.41, 5.74) is 4.51. The van der Waals surface area contributed by atoms with Crippen molar-refractivity contribution in [3.05, 3.63) is 71.5 Å². The first-order valence-electron chi connectivity index (χ1n) is 9.94. The summed E-state index contributed by atoms with van der Waals surface area (Å²) in [6.07, 6.45) is 1.55. The Kier molecular flexibility index (Phi) is 7.64. The van der Waals surface area contributed by atoms with E-state index in [-0.39, 0.29) is 18.3 Å². The highest BCUT2D eigenvalue weighted by molar-refractivity contribution is 5.90. The van der Waals surface area contributed by atoms with Crippen molar-refractivity contribution in [1.82, 2.24) is 5.43 Å². The smallest absolute Gasteiger partial charge is 0.338 e. The Morgan fingerprint density at radius 2 is 1.75 bits per heavy atom. The molecule has 0 saturated carbocycles. The quantitative estimate of drug-likeness (QED) is 0.311. The summed E-state index contributed by atoms with van der Waals surface area (Å²) in [5.74, 6) is 1.59. The molecular formula is C24H24N2O6. The normalized spacial score (nSPS) is 10.7. The number of carbonyl (C=O) groups excluding carboxylic acids is 2. The molecule has 0 unspecified atom stereocenters. The molecule has 166 valence electrons. The number of rotatable bonds is 9. The Bertz CT molecular complexity index is 1100. The molecule has 0 spiro atoms. The van der Waals surface area contributed by atoms with Gasteiger partial charge in [0.05, 0.1) is 39.0 Å². The van der Waals surface area contributed by atoms with E-state index >= 15 is 0 Å². The van der Waals surface area contributed by atoms with Crippen LogP contribution in [0.5, 0.6) is 11.5 Å². The van der Waals surface area contributed by atoms with Crippen LogP contribution in [0.25, 0.3) is 11.3 Å². The van der Waals surface area contributed by atoms with Crippen molar-refractivity contribution >= 4 is 18.1 Å². The zero-order valence-corrected chi connectivity index (χ0v) is 18.1. The molecule has 1 aromatic heterocycles. The fourth-order valence-electron chi connectivity index (χ4n) is 2.95. The molecule has 8 heteroatoms. The van der Waals surface area contributed by atoms with E-state index in [2.05, 4.69) is 10.5 Å². The standard InChI is InChI=1S/C24H24N2O6/c1-4-31-24(28)18-8-6-17(7-9-18)20-12-10-19(32-20)15-25-26-23(27)14-16-5-11-21(29-2)22(13-16)30-3/h5-13,15H,4,14H2,1-3H3,(H,26,27)/b25-15-. The molecule has 0 bridgehead atoms. The van der Waals surface area contributed by atoms with Crippen LogP contribution < -0.4 is 14.9 Å². The first-order chi connectivity index (χ1) is 15.5. The maximum Gasteiger partial charge on any atom is 0.338 e. The van der Waals surface area contributed by atoms with E-state index in [4.69, 9.17) is 18.6 Å². The predicted molar refractivity (Wildman–Crippen MR) is 119 cm³/mol. The maximum atomic E-state index is 12.2. The first kappa shape index (κ1) is 22.6. The highest BCUT2D eigenvalue weighted by Crippen LogP contribution is 2.27. The second-order valence-corrected chi connectivity index (χ2v) is 6.66. The summed E-state index contributed by atoms with van der Waals surface area (Å²) < 4.78 is 21.1. The van der Waals surface area contributed by atoms with E-state index in [0.717, 1.165) is 11.1 Å². The SMILES string of the molecule is CCOC(=O)c1ccc(-c2ccc(/C=N\NC(=O)Cc3ccc(OC)c(OC)c3)o2)cc1. The lowest BCUT2D eigenvalue weighted by molar-refractivity contribution is -0.120. The Labute approximate surface area is 185 Å². The molecule has 8 nitrogen and oxygen atoms in total. The molecule has 2 aromatic carbocycles. The number of hydrazone groups is 1. The van der Waals surface area contributed by atoms with E-state index in [1.165, 1.54) is 6.21 Å². The third-order valence-electron chi connectivity index (χ3n) is 4.50. The van der Waals surface area contributed by atoms with Crippen LogP contribution in [0.3, 0.4) is 0 Å². The van der Waals surface area contributed by atoms with Crippen molar-refractivity contribution in [2.45, 2.75) is 13.3 Å². The van der Waals surface area contributed by atoms with E-state index in [9.17, 15) is 9.59 Å². The largest absolute Gasteiger partial charge is 0.493 e. The average Bonchev–Trinajstić information content (AvgIpc) is 3.28. The van der Waals surface area contributed by atoms with Gasteiger partial charge in [-0.2, -0.15) is 5.10 Å². The van der Waals surface area contributed by atoms with Gasteiger partial charge in [-0.05, 0) is 48.9 Å². The van der Waals surface area contributed by atoms with Gasteiger partial charge in [-0.3, -0.25) is 4.79 Å².